The number of nitrogens with two attached hydrogens (primary N) is 1. The smallest absolute Gasteiger partial charge is 0.343 e. The van der Waals surface area contributed by atoms with Gasteiger partial charge < -0.3 is 15.2 Å². The van der Waals surface area contributed by atoms with Crippen LogP contribution in [-0.2, 0) is 4.74 Å². The lowest BCUT2D eigenvalue weighted by Crippen LogP contribution is -2.45. The van der Waals surface area contributed by atoms with Gasteiger partial charge in [0.1, 0.15) is 12.2 Å². The fourth-order valence-electron chi connectivity index (χ4n) is 2.56. The minimum atomic E-state index is -0.444. The van der Waals surface area contributed by atoms with E-state index in [1.807, 2.05) is 0 Å². The lowest BCUT2D eigenvalue weighted by Gasteiger charge is -2.27. The van der Waals surface area contributed by atoms with Crippen LogP contribution in [0, 0.1) is 0 Å². The molecule has 20 heavy (non-hydrogen) atoms. The van der Waals surface area contributed by atoms with Crippen molar-refractivity contribution in [2.24, 2.45) is 5.73 Å². The Morgan fingerprint density at radius 1 is 1.35 bits per heavy atom. The molecule has 0 aromatic carbocycles. The predicted molar refractivity (Wildman–Crippen MR) is 75.7 cm³/mol. The highest BCUT2D eigenvalue weighted by molar-refractivity contribution is 5.91. The van der Waals surface area contributed by atoms with Crippen molar-refractivity contribution >= 4 is 5.97 Å². The quantitative estimate of drug-likeness (QED) is 0.675. The van der Waals surface area contributed by atoms with E-state index >= 15 is 0 Å². The van der Waals surface area contributed by atoms with Crippen LogP contribution >= 0.6 is 0 Å². The van der Waals surface area contributed by atoms with Gasteiger partial charge in [-0.15, -0.1) is 0 Å². The summed E-state index contributed by atoms with van der Waals surface area (Å²) in [5, 5.41) is 0. The highest BCUT2D eigenvalue weighted by Crippen LogP contribution is 2.26. The van der Waals surface area contributed by atoms with Crippen molar-refractivity contribution in [1.82, 2.24) is 4.98 Å². The number of ether oxygens (including phenoxy) is 2. The molecular weight excluding hydrogens is 256 g/mol. The molecule has 1 aliphatic carbocycles. The largest absolute Gasteiger partial charge is 0.475 e. The average molecular weight is 278 g/mol. The van der Waals surface area contributed by atoms with Gasteiger partial charge in [-0.05, 0) is 25.0 Å². The Morgan fingerprint density at radius 2 is 2.05 bits per heavy atom. The molecule has 2 rings (SSSR count). The van der Waals surface area contributed by atoms with Crippen LogP contribution in [0.4, 0.5) is 0 Å². The molecule has 0 radical (unpaired) electrons. The summed E-state index contributed by atoms with van der Waals surface area (Å²) in [6.07, 6.45) is 8.22. The van der Waals surface area contributed by atoms with E-state index in [0.717, 1.165) is 25.7 Å². The van der Waals surface area contributed by atoms with E-state index in [9.17, 15) is 4.79 Å². The molecule has 0 aliphatic heterocycles. The molecule has 1 aromatic heterocycles. The molecule has 1 aliphatic rings. The summed E-state index contributed by atoms with van der Waals surface area (Å²) in [5.74, 6) is -0.145. The van der Waals surface area contributed by atoms with E-state index in [1.54, 1.807) is 18.3 Å². The first-order chi connectivity index (χ1) is 9.64. The maximum Gasteiger partial charge on any atom is 0.343 e. The number of aromatic nitrogens is 1. The number of hydrogen-bond acceptors (Lipinski definition) is 5. The number of pyridine rings is 1. The maximum atomic E-state index is 11.6. The van der Waals surface area contributed by atoms with Gasteiger partial charge in [0.2, 0.25) is 5.88 Å². The van der Waals surface area contributed by atoms with Gasteiger partial charge in [0.15, 0.2) is 0 Å². The SMILES string of the molecule is COC(=O)c1cccnc1OCC1(N)CCCCCC1. The van der Waals surface area contributed by atoms with E-state index in [4.69, 9.17) is 15.2 Å². The summed E-state index contributed by atoms with van der Waals surface area (Å²) in [5.41, 5.74) is 6.42. The molecule has 5 heteroatoms. The second-order valence-electron chi connectivity index (χ2n) is 5.41. The summed E-state index contributed by atoms with van der Waals surface area (Å²) in [7, 11) is 1.34. The van der Waals surface area contributed by atoms with Gasteiger partial charge in [0.05, 0.1) is 12.6 Å². The number of nitrogens with zero attached hydrogens (tertiary/aromatic N) is 1. The molecule has 1 saturated carbocycles. The Kier molecular flexibility index (Phi) is 4.95. The summed E-state index contributed by atoms with van der Waals surface area (Å²) < 4.78 is 10.4. The van der Waals surface area contributed by atoms with Crippen molar-refractivity contribution in [3.63, 3.8) is 0 Å². The Labute approximate surface area is 119 Å². The van der Waals surface area contributed by atoms with Crippen molar-refractivity contribution in [2.75, 3.05) is 13.7 Å². The molecule has 0 saturated heterocycles. The molecule has 1 aromatic rings. The first-order valence-electron chi connectivity index (χ1n) is 7.10. The maximum absolute atomic E-state index is 11.6. The predicted octanol–water partition coefficient (Wildman–Crippen LogP) is 2.30. The third-order valence-corrected chi connectivity index (χ3v) is 3.77. The van der Waals surface area contributed by atoms with Crippen molar-refractivity contribution in [1.29, 1.82) is 0 Å². The third-order valence-electron chi connectivity index (χ3n) is 3.77. The molecule has 1 fully saturated rings. The van der Waals surface area contributed by atoms with Crippen molar-refractivity contribution in [3.8, 4) is 5.88 Å². The summed E-state index contributed by atoms with van der Waals surface area (Å²) in [4.78, 5) is 15.8. The van der Waals surface area contributed by atoms with Gasteiger partial charge in [-0.2, -0.15) is 0 Å². The van der Waals surface area contributed by atoms with Crippen molar-refractivity contribution in [2.45, 2.75) is 44.1 Å². The standard InChI is InChI=1S/C15H22N2O3/c1-19-14(18)12-7-6-10-17-13(12)20-11-15(16)8-4-2-3-5-9-15/h6-7,10H,2-5,8-9,11,16H2,1H3. The normalized spacial score (nSPS) is 18.1. The zero-order valence-electron chi connectivity index (χ0n) is 11.9. The minimum absolute atomic E-state index is 0.299. The van der Waals surface area contributed by atoms with E-state index in [-0.39, 0.29) is 5.54 Å². The highest BCUT2D eigenvalue weighted by Gasteiger charge is 2.28. The molecule has 2 N–H and O–H groups in total. The molecule has 1 heterocycles. The van der Waals surface area contributed by atoms with Crippen LogP contribution in [0.1, 0.15) is 48.9 Å². The zero-order chi connectivity index (χ0) is 14.4. The fourth-order valence-corrected chi connectivity index (χ4v) is 2.56. The highest BCUT2D eigenvalue weighted by atomic mass is 16.5. The summed E-state index contributed by atoms with van der Waals surface area (Å²) in [6.45, 7) is 0.383. The number of rotatable bonds is 4. The monoisotopic (exact) mass is 278 g/mol. The first-order valence-corrected chi connectivity index (χ1v) is 7.10. The van der Waals surface area contributed by atoms with Crippen LogP contribution in [0.25, 0.3) is 0 Å². The van der Waals surface area contributed by atoms with Gasteiger partial charge in [-0.1, -0.05) is 25.7 Å². The molecule has 0 amide bonds. The second kappa shape index (κ2) is 6.70. The van der Waals surface area contributed by atoms with Gasteiger partial charge in [-0.25, -0.2) is 9.78 Å². The van der Waals surface area contributed by atoms with E-state index in [1.165, 1.54) is 20.0 Å². The van der Waals surface area contributed by atoms with Gasteiger partial charge >= 0.3 is 5.97 Å². The summed E-state index contributed by atoms with van der Waals surface area (Å²) in [6, 6.07) is 3.33. The lowest BCUT2D eigenvalue weighted by molar-refractivity contribution is 0.0592. The minimum Gasteiger partial charge on any atom is -0.475 e. The van der Waals surface area contributed by atoms with Gasteiger partial charge in [0, 0.05) is 6.20 Å². The van der Waals surface area contributed by atoms with Crippen molar-refractivity contribution in [3.05, 3.63) is 23.9 Å². The van der Waals surface area contributed by atoms with Crippen molar-refractivity contribution < 1.29 is 14.3 Å². The molecule has 110 valence electrons. The van der Waals surface area contributed by atoms with Crippen LogP contribution < -0.4 is 10.5 Å². The Balaban J connectivity index is 2.04. The van der Waals surface area contributed by atoms with Gasteiger partial charge in [0.25, 0.3) is 0 Å². The lowest BCUT2D eigenvalue weighted by atomic mass is 9.93. The topological polar surface area (TPSA) is 74.4 Å². The molecule has 0 unspecified atom stereocenters. The van der Waals surface area contributed by atoms with Gasteiger partial charge in [-0.3, -0.25) is 0 Å². The zero-order valence-corrected chi connectivity index (χ0v) is 11.9. The Morgan fingerprint density at radius 3 is 2.70 bits per heavy atom. The van der Waals surface area contributed by atoms with Crippen LogP contribution in [0.15, 0.2) is 18.3 Å². The first kappa shape index (κ1) is 14.8. The number of hydrogen-bond donors (Lipinski definition) is 1. The second-order valence-corrected chi connectivity index (χ2v) is 5.41. The van der Waals surface area contributed by atoms with Crippen LogP contribution in [0.5, 0.6) is 5.88 Å². The summed E-state index contributed by atoms with van der Waals surface area (Å²) >= 11 is 0. The fraction of sp³-hybridized carbons (Fsp3) is 0.600. The average Bonchev–Trinajstić information content (AvgIpc) is 2.70. The van der Waals surface area contributed by atoms with E-state index in [0.29, 0.717) is 18.1 Å². The van der Waals surface area contributed by atoms with Crippen LogP contribution in [0.3, 0.4) is 0 Å². The van der Waals surface area contributed by atoms with E-state index < -0.39 is 5.97 Å². The third kappa shape index (κ3) is 3.70. The number of carbonyl (C=O) groups excluding carboxylic acids is 1. The molecule has 0 atom stereocenters. The number of esters is 1. The molecule has 5 nitrogen and oxygen atoms in total. The Hall–Kier alpha value is -1.62. The number of methoxy groups -OCH3 is 1. The number of carbonyl (C=O) groups is 1. The molecule has 0 spiro atoms. The molecule has 0 bridgehead atoms. The van der Waals surface area contributed by atoms with Crippen LogP contribution in [-0.4, -0.2) is 30.2 Å². The molecular formula is C15H22N2O3. The Bertz CT molecular complexity index is 454. The van der Waals surface area contributed by atoms with Crippen LogP contribution in [0.2, 0.25) is 0 Å². The van der Waals surface area contributed by atoms with E-state index in [2.05, 4.69) is 4.98 Å².